The Balaban J connectivity index is 0.00000241. The van der Waals surface area contributed by atoms with Crippen LogP contribution in [0.2, 0.25) is 0 Å². The maximum absolute atomic E-state index is 13.3. The van der Waals surface area contributed by atoms with Gasteiger partial charge in [0.05, 0.1) is 24.5 Å². The Morgan fingerprint density at radius 1 is 1.11 bits per heavy atom. The minimum Gasteiger partial charge on any atom is -0.490 e. The molecule has 1 amide bonds. The molecule has 0 radical (unpaired) electrons. The Morgan fingerprint density at radius 2 is 1.84 bits per heavy atom. The molecular weight excluding hydrogens is 511 g/mol. The molecule has 1 aromatic heterocycles. The second-order valence-corrected chi connectivity index (χ2v) is 10.1. The number of unbranched alkanes of at least 4 members (excludes halogenated alkanes) is 1. The maximum Gasteiger partial charge on any atom is 0.274 e. The SMILES string of the molecule is CCCCc1nnc(C(=O)N2CCOC(CN(C)C)C2)cc1-c1ccc(OC2CCCCC2)cc1.Cl.Cl. The lowest BCUT2D eigenvalue weighted by atomic mass is 9.97. The van der Waals surface area contributed by atoms with E-state index in [0.29, 0.717) is 31.5 Å². The third-order valence-corrected chi connectivity index (χ3v) is 6.87. The van der Waals surface area contributed by atoms with Crippen molar-refractivity contribution in [2.24, 2.45) is 0 Å². The van der Waals surface area contributed by atoms with Gasteiger partial charge in [-0.15, -0.1) is 29.9 Å². The zero-order valence-corrected chi connectivity index (χ0v) is 24.0. The first-order chi connectivity index (χ1) is 17.0. The van der Waals surface area contributed by atoms with Gasteiger partial charge in [0.15, 0.2) is 5.69 Å². The monoisotopic (exact) mass is 552 g/mol. The molecule has 2 fully saturated rings. The molecule has 7 nitrogen and oxygen atoms in total. The Labute approximate surface area is 234 Å². The standard InChI is InChI=1S/C28H40N4O3.2ClH/c1-4-5-11-26-25(21-12-14-23(15-13-21)35-22-9-7-6-8-10-22)18-27(30-29-26)28(33)32-16-17-34-24(20-32)19-31(2)3;;/h12-15,18,22,24H,4-11,16-17,19-20H2,1-3H3;2*1H. The highest BCUT2D eigenvalue weighted by atomic mass is 35.5. The normalized spacial score (nSPS) is 18.2. The highest BCUT2D eigenvalue weighted by Gasteiger charge is 2.27. The van der Waals surface area contributed by atoms with Crippen LogP contribution in [-0.4, -0.2) is 78.4 Å². The second-order valence-electron chi connectivity index (χ2n) is 10.1. The van der Waals surface area contributed by atoms with E-state index in [2.05, 4.69) is 34.2 Å². The quantitative estimate of drug-likeness (QED) is 0.412. The topological polar surface area (TPSA) is 67.8 Å². The van der Waals surface area contributed by atoms with Gasteiger partial charge < -0.3 is 19.3 Å². The van der Waals surface area contributed by atoms with Crippen molar-refractivity contribution in [3.8, 4) is 16.9 Å². The van der Waals surface area contributed by atoms with Gasteiger partial charge in [-0.3, -0.25) is 4.79 Å². The first kappa shape index (κ1) is 31.3. The fourth-order valence-electron chi connectivity index (χ4n) is 4.97. The van der Waals surface area contributed by atoms with Gasteiger partial charge in [0, 0.05) is 25.2 Å². The van der Waals surface area contributed by atoms with E-state index in [0.717, 1.165) is 61.2 Å². The Bertz CT molecular complexity index is 968. The lowest BCUT2D eigenvalue weighted by Gasteiger charge is -2.34. The van der Waals surface area contributed by atoms with E-state index in [1.165, 1.54) is 19.3 Å². The van der Waals surface area contributed by atoms with E-state index in [9.17, 15) is 4.79 Å². The summed E-state index contributed by atoms with van der Waals surface area (Å²) >= 11 is 0. The first-order valence-electron chi connectivity index (χ1n) is 13.2. The highest BCUT2D eigenvalue weighted by molar-refractivity contribution is 5.93. The Kier molecular flexibility index (Phi) is 13.1. The highest BCUT2D eigenvalue weighted by Crippen LogP contribution is 2.29. The van der Waals surface area contributed by atoms with Crippen molar-refractivity contribution < 1.29 is 14.3 Å². The summed E-state index contributed by atoms with van der Waals surface area (Å²) in [5.41, 5.74) is 3.37. The number of hydrogen-bond donors (Lipinski definition) is 0. The van der Waals surface area contributed by atoms with Crippen molar-refractivity contribution in [2.45, 2.75) is 70.5 Å². The summed E-state index contributed by atoms with van der Waals surface area (Å²) in [6.07, 6.45) is 9.39. The minimum atomic E-state index is -0.0786. The average molecular weight is 554 g/mol. The van der Waals surface area contributed by atoms with Crippen LogP contribution in [-0.2, 0) is 11.2 Å². The summed E-state index contributed by atoms with van der Waals surface area (Å²) < 4.78 is 12.1. The van der Waals surface area contributed by atoms with E-state index in [4.69, 9.17) is 9.47 Å². The number of aromatic nitrogens is 2. The lowest BCUT2D eigenvalue weighted by Crippen LogP contribution is -2.49. The lowest BCUT2D eigenvalue weighted by molar-refractivity contribution is -0.0308. The average Bonchev–Trinajstić information content (AvgIpc) is 2.88. The molecule has 2 aromatic rings. The summed E-state index contributed by atoms with van der Waals surface area (Å²) in [4.78, 5) is 17.3. The molecule has 0 bridgehead atoms. The van der Waals surface area contributed by atoms with Crippen molar-refractivity contribution in [1.82, 2.24) is 20.0 Å². The van der Waals surface area contributed by atoms with Crippen LogP contribution in [0.4, 0.5) is 0 Å². The van der Waals surface area contributed by atoms with E-state index in [-0.39, 0.29) is 36.8 Å². The summed E-state index contributed by atoms with van der Waals surface area (Å²) in [6, 6.07) is 10.2. The number of hydrogen-bond acceptors (Lipinski definition) is 6. The van der Waals surface area contributed by atoms with E-state index in [1.807, 2.05) is 37.2 Å². The zero-order valence-electron chi connectivity index (χ0n) is 22.4. The number of morpholine rings is 1. The molecule has 206 valence electrons. The number of likely N-dealkylation sites (N-methyl/N-ethyl adjacent to an activating group) is 1. The van der Waals surface area contributed by atoms with Gasteiger partial charge in [-0.25, -0.2) is 0 Å². The second kappa shape index (κ2) is 15.5. The van der Waals surface area contributed by atoms with Crippen molar-refractivity contribution in [2.75, 3.05) is 40.3 Å². The number of aryl methyl sites for hydroxylation is 1. The third kappa shape index (κ3) is 8.81. The van der Waals surface area contributed by atoms with E-state index >= 15 is 0 Å². The molecule has 2 aliphatic rings. The summed E-state index contributed by atoms with van der Waals surface area (Å²) in [7, 11) is 4.03. The van der Waals surface area contributed by atoms with Crippen LogP contribution in [0.5, 0.6) is 5.75 Å². The molecule has 1 unspecified atom stereocenters. The molecule has 0 spiro atoms. The molecule has 1 aliphatic heterocycles. The number of rotatable bonds is 9. The molecular formula is C28H42Cl2N4O3. The first-order valence-corrected chi connectivity index (χ1v) is 13.2. The molecule has 1 saturated heterocycles. The fraction of sp³-hybridized carbons (Fsp3) is 0.607. The van der Waals surface area contributed by atoms with E-state index in [1.54, 1.807) is 0 Å². The maximum atomic E-state index is 13.3. The predicted molar refractivity (Wildman–Crippen MR) is 152 cm³/mol. The van der Waals surface area contributed by atoms with Crippen molar-refractivity contribution in [3.63, 3.8) is 0 Å². The van der Waals surface area contributed by atoms with Gasteiger partial charge in [-0.2, -0.15) is 5.10 Å². The van der Waals surface area contributed by atoms with Gasteiger partial charge >= 0.3 is 0 Å². The smallest absolute Gasteiger partial charge is 0.274 e. The van der Waals surface area contributed by atoms with Crippen molar-refractivity contribution in [1.29, 1.82) is 0 Å². The number of benzene rings is 1. The minimum absolute atomic E-state index is 0. The zero-order chi connectivity index (χ0) is 24.6. The number of halogens is 2. The molecule has 1 aliphatic carbocycles. The van der Waals surface area contributed by atoms with Gasteiger partial charge in [0.25, 0.3) is 5.91 Å². The molecule has 1 aromatic carbocycles. The number of amides is 1. The van der Waals surface area contributed by atoms with Gasteiger partial charge in [0.1, 0.15) is 5.75 Å². The largest absolute Gasteiger partial charge is 0.490 e. The van der Waals surface area contributed by atoms with Gasteiger partial charge in [-0.1, -0.05) is 31.9 Å². The summed E-state index contributed by atoms with van der Waals surface area (Å²) in [6.45, 7) is 4.64. The van der Waals surface area contributed by atoms with Crippen LogP contribution in [0.25, 0.3) is 11.1 Å². The number of ether oxygens (including phenoxy) is 2. The van der Waals surface area contributed by atoms with Crippen LogP contribution in [0.15, 0.2) is 30.3 Å². The predicted octanol–water partition coefficient (Wildman–Crippen LogP) is 5.44. The molecule has 9 heteroatoms. The number of carbonyl (C=O) groups excluding carboxylic acids is 1. The molecule has 4 rings (SSSR count). The molecule has 37 heavy (non-hydrogen) atoms. The molecule has 1 saturated carbocycles. The summed E-state index contributed by atoms with van der Waals surface area (Å²) in [5.74, 6) is 0.833. The fourth-order valence-corrected chi connectivity index (χ4v) is 4.97. The number of carbonyl (C=O) groups is 1. The summed E-state index contributed by atoms with van der Waals surface area (Å²) in [5, 5.41) is 8.88. The van der Waals surface area contributed by atoms with Gasteiger partial charge in [0.2, 0.25) is 0 Å². The Hall–Kier alpha value is -1.93. The van der Waals surface area contributed by atoms with Crippen molar-refractivity contribution in [3.05, 3.63) is 41.7 Å². The van der Waals surface area contributed by atoms with Crippen LogP contribution in [0.3, 0.4) is 0 Å². The molecule has 1 atom stereocenters. The third-order valence-electron chi connectivity index (χ3n) is 6.87. The van der Waals surface area contributed by atoms with Crippen LogP contribution in [0.1, 0.15) is 68.1 Å². The van der Waals surface area contributed by atoms with Gasteiger partial charge in [-0.05, 0) is 76.4 Å². The van der Waals surface area contributed by atoms with E-state index < -0.39 is 0 Å². The molecule has 2 heterocycles. The van der Waals surface area contributed by atoms with Crippen molar-refractivity contribution >= 4 is 30.7 Å². The van der Waals surface area contributed by atoms with Crippen LogP contribution in [0, 0.1) is 0 Å². The number of nitrogens with zero attached hydrogens (tertiary/aromatic N) is 4. The molecule has 0 N–H and O–H groups in total. The Morgan fingerprint density at radius 3 is 2.51 bits per heavy atom. The van der Waals surface area contributed by atoms with Crippen LogP contribution >= 0.6 is 24.8 Å². The van der Waals surface area contributed by atoms with Crippen LogP contribution < -0.4 is 4.74 Å².